The van der Waals surface area contributed by atoms with Gasteiger partial charge >= 0.3 is 0 Å². The quantitative estimate of drug-likeness (QED) is 0.0534. The topological polar surface area (TPSA) is 178 Å². The molecule has 0 bridgehead atoms. The number of benzene rings is 2. The van der Waals surface area contributed by atoms with Crippen LogP contribution in [0.1, 0.15) is 228 Å². The standard InChI is InChI=1S/C24H48N2O5.C23H23NO2.C16H31NO2.C14H22O2.2B/c1-22(2,3)20(27)18-26(19-21(28)23(4,5)6)11-13-30-15-17-31-16-14-29-12-10-25-24(7,8)9;1-23(2,3)21(25)14-15-22(26)24-16-19-10-5-4-8-17(19)12-13-18-9-6-7-11-20(18)24;1-14(2,3)12(18)10-17(16(7,8)9)11-13(19)15(4,5)6;1-14(2,3)13(15)11-16-12-9-7-5-4-6-8-10-12;;/h25H,10-19H2,1-9H3;4-11H,14-16H2,1-3H3;10-11H2,1-9H3;12H,4-7,9,11H2,1-3H3;;. The summed E-state index contributed by atoms with van der Waals surface area (Å²) in [6, 6.07) is 15.6. The van der Waals surface area contributed by atoms with E-state index in [-0.39, 0.29) is 123 Å². The number of hydrogen-bond donors (Lipinski definition) is 1. The molecule has 0 fully saturated rings. The van der Waals surface area contributed by atoms with E-state index in [0.717, 1.165) is 48.2 Å². The highest BCUT2D eigenvalue weighted by atomic mass is 16.5. The van der Waals surface area contributed by atoms with E-state index in [4.69, 9.17) is 18.9 Å². The molecule has 1 atom stereocenters. The zero-order valence-electron chi connectivity index (χ0n) is 63.0. The minimum absolute atomic E-state index is 0. The highest BCUT2D eigenvalue weighted by Crippen LogP contribution is 2.28. The van der Waals surface area contributed by atoms with Crippen LogP contribution in [0.3, 0.4) is 0 Å². The number of ketones is 6. The first-order valence-electron chi connectivity index (χ1n) is 33.4. The molecule has 0 spiro atoms. The van der Waals surface area contributed by atoms with E-state index >= 15 is 0 Å². The number of fused-ring (bicyclic) bond motifs is 2. The molecule has 1 aliphatic heterocycles. The molecule has 2 aliphatic rings. The van der Waals surface area contributed by atoms with E-state index in [1.54, 1.807) is 4.90 Å². The molecule has 1 amide bonds. The number of rotatable bonds is 26. The molecule has 0 aromatic heterocycles. The van der Waals surface area contributed by atoms with Gasteiger partial charge in [-0.3, -0.25) is 43.4 Å². The van der Waals surface area contributed by atoms with E-state index in [2.05, 4.69) is 49.8 Å². The lowest BCUT2D eigenvalue weighted by atomic mass is 9.87. The van der Waals surface area contributed by atoms with Gasteiger partial charge < -0.3 is 29.2 Å². The number of amides is 1. The fourth-order valence-corrected chi connectivity index (χ4v) is 8.11. The number of anilines is 1. The summed E-state index contributed by atoms with van der Waals surface area (Å²) in [4.78, 5) is 91.8. The lowest BCUT2D eigenvalue weighted by Gasteiger charge is -2.37. The molecule has 94 heavy (non-hydrogen) atoms. The highest BCUT2D eigenvalue weighted by Gasteiger charge is 2.34. The Bertz CT molecular complexity index is 2730. The van der Waals surface area contributed by atoms with Crippen molar-refractivity contribution < 1.29 is 52.5 Å². The van der Waals surface area contributed by atoms with Crippen LogP contribution in [0.15, 0.2) is 48.5 Å². The number of Topliss-reactive ketones (excluding diaryl/α,β-unsaturated/α-hetero) is 6. The minimum atomic E-state index is -0.428. The molecular weight excluding hydrogens is 1180 g/mol. The predicted octanol–water partition coefficient (Wildman–Crippen LogP) is 12.8. The summed E-state index contributed by atoms with van der Waals surface area (Å²) >= 11 is 0. The van der Waals surface area contributed by atoms with E-state index in [0.29, 0.717) is 65.8 Å². The van der Waals surface area contributed by atoms with Gasteiger partial charge in [-0.15, -0.1) is 5.92 Å². The van der Waals surface area contributed by atoms with E-state index < -0.39 is 16.2 Å². The molecular formula is C77H124B2N4O11. The molecule has 1 aliphatic carbocycles. The summed E-state index contributed by atoms with van der Waals surface area (Å²) in [5.41, 5.74) is 1.18. The first-order chi connectivity index (χ1) is 42.1. The largest absolute Gasteiger partial charge is 0.378 e. The third-order valence-electron chi connectivity index (χ3n) is 15.3. The van der Waals surface area contributed by atoms with Crippen molar-refractivity contribution in [2.75, 3.05) is 90.4 Å². The highest BCUT2D eigenvalue weighted by molar-refractivity contribution is 5.98. The van der Waals surface area contributed by atoms with Crippen LogP contribution in [-0.2, 0) is 59.1 Å². The van der Waals surface area contributed by atoms with Crippen LogP contribution in [0.2, 0.25) is 0 Å². The van der Waals surface area contributed by atoms with Crippen molar-refractivity contribution in [3.8, 4) is 23.7 Å². The summed E-state index contributed by atoms with van der Waals surface area (Å²) in [6.45, 7) is 53.2. The van der Waals surface area contributed by atoms with Crippen LogP contribution in [0, 0.1) is 56.2 Å². The normalized spacial score (nSPS) is 14.3. The van der Waals surface area contributed by atoms with Crippen LogP contribution in [0.25, 0.3) is 0 Å². The summed E-state index contributed by atoms with van der Waals surface area (Å²) in [7, 11) is 0. The van der Waals surface area contributed by atoms with Crippen LogP contribution in [0.4, 0.5) is 5.69 Å². The van der Waals surface area contributed by atoms with Crippen molar-refractivity contribution in [3.05, 3.63) is 65.2 Å². The lowest BCUT2D eigenvalue weighted by Crippen LogP contribution is -2.50. The number of nitrogens with one attached hydrogen (secondary N) is 1. The van der Waals surface area contributed by atoms with E-state index in [9.17, 15) is 33.6 Å². The Hall–Kier alpha value is -5.10. The monoisotopic (exact) mass is 1300 g/mol. The first kappa shape index (κ1) is 91.0. The summed E-state index contributed by atoms with van der Waals surface area (Å²) < 4.78 is 22.3. The Labute approximate surface area is 574 Å². The molecule has 15 nitrogen and oxygen atoms in total. The van der Waals surface area contributed by atoms with Gasteiger partial charge in [0.1, 0.15) is 18.5 Å². The number of carbonyl (C=O) groups excluding carboxylic acids is 7. The van der Waals surface area contributed by atoms with Gasteiger partial charge in [0.05, 0.1) is 78.1 Å². The van der Waals surface area contributed by atoms with Gasteiger partial charge in [0.15, 0.2) is 28.9 Å². The Morgan fingerprint density at radius 1 is 0.500 bits per heavy atom. The fourth-order valence-electron chi connectivity index (χ4n) is 8.11. The Kier molecular flexibility index (Phi) is 40.5. The van der Waals surface area contributed by atoms with Gasteiger partial charge in [-0.2, -0.15) is 0 Å². The summed E-state index contributed by atoms with van der Waals surface area (Å²) in [6.07, 6.45) is 5.93. The SMILES string of the molecule is CC(C)(C)C(=O)CCC(=O)N1Cc2ccccc2C#Cc2ccccc21.CC(C)(C)C(=O)CN(CC(=O)C(C)(C)C)C(C)(C)C.CC(C)(C)C(=O)COC1C#CCCCCC1.CC(C)(C)NCCOCCOCCOCCN(CC(=O)C(C)(C)C)CC(=O)C(C)(C)C.[B].[B]. The first-order valence-corrected chi connectivity index (χ1v) is 33.4. The average Bonchev–Trinajstić information content (AvgIpc) is 0.816. The predicted molar refractivity (Wildman–Crippen MR) is 386 cm³/mol. The van der Waals surface area contributed by atoms with Gasteiger partial charge in [-0.05, 0) is 84.6 Å². The Morgan fingerprint density at radius 3 is 1.41 bits per heavy atom. The number of nitrogens with zero attached hydrogens (tertiary/aromatic N) is 3. The second-order valence-corrected chi connectivity index (χ2v) is 32.4. The van der Waals surface area contributed by atoms with Crippen molar-refractivity contribution in [2.45, 2.75) is 235 Å². The maximum atomic E-state index is 13.0. The van der Waals surface area contributed by atoms with Crippen LogP contribution in [0.5, 0.6) is 0 Å². The lowest BCUT2D eigenvalue weighted by molar-refractivity contribution is -0.133. The van der Waals surface area contributed by atoms with Crippen molar-refractivity contribution in [3.63, 3.8) is 0 Å². The van der Waals surface area contributed by atoms with Crippen molar-refractivity contribution in [1.82, 2.24) is 15.1 Å². The fraction of sp³-hybridized carbons (Fsp3) is 0.701. The molecule has 1 N–H and O–H groups in total. The second kappa shape index (κ2) is 41.9. The Balaban J connectivity index is 0. The van der Waals surface area contributed by atoms with Gasteiger partial charge in [0.25, 0.3) is 0 Å². The zero-order valence-corrected chi connectivity index (χ0v) is 63.0. The number of carbonyl (C=O) groups is 7. The smallest absolute Gasteiger partial charge is 0.227 e. The number of hydrogen-bond acceptors (Lipinski definition) is 14. The second-order valence-electron chi connectivity index (χ2n) is 32.4. The molecule has 6 radical (unpaired) electrons. The van der Waals surface area contributed by atoms with E-state index in [1.807, 2.05) is 204 Å². The molecule has 1 unspecified atom stereocenters. The maximum absolute atomic E-state index is 13.0. The summed E-state index contributed by atoms with van der Waals surface area (Å²) in [5.74, 6) is 13.4. The number of para-hydroxylation sites is 1. The van der Waals surface area contributed by atoms with Gasteiger partial charge in [0.2, 0.25) is 5.91 Å². The molecule has 524 valence electrons. The molecule has 4 rings (SSSR count). The molecule has 1 heterocycles. The van der Waals surface area contributed by atoms with Crippen molar-refractivity contribution >= 4 is 63.1 Å². The van der Waals surface area contributed by atoms with Crippen molar-refractivity contribution in [2.24, 2.45) is 32.5 Å². The molecule has 0 saturated heterocycles. The van der Waals surface area contributed by atoms with Crippen LogP contribution < -0.4 is 10.2 Å². The molecule has 17 heteroatoms. The van der Waals surface area contributed by atoms with Gasteiger partial charge in [0, 0.05) is 104 Å². The van der Waals surface area contributed by atoms with Gasteiger partial charge in [-0.25, -0.2) is 0 Å². The number of ether oxygens (including phenoxy) is 4. The summed E-state index contributed by atoms with van der Waals surface area (Å²) in [5, 5.41) is 3.36. The molecule has 2 aromatic rings. The minimum Gasteiger partial charge on any atom is -0.378 e. The molecule has 2 aromatic carbocycles. The molecule has 0 saturated carbocycles. The van der Waals surface area contributed by atoms with E-state index in [1.165, 1.54) is 12.8 Å². The van der Waals surface area contributed by atoms with Crippen LogP contribution >= 0.6 is 0 Å². The third-order valence-corrected chi connectivity index (χ3v) is 15.3. The third kappa shape index (κ3) is 39.2. The zero-order chi connectivity index (χ0) is 70.5. The Morgan fingerprint density at radius 2 is 0.936 bits per heavy atom. The van der Waals surface area contributed by atoms with Gasteiger partial charge in [-0.1, -0.05) is 179 Å². The average molecular weight is 1300 g/mol. The van der Waals surface area contributed by atoms with Crippen molar-refractivity contribution in [1.29, 1.82) is 0 Å². The van der Waals surface area contributed by atoms with Crippen LogP contribution in [-0.4, -0.2) is 170 Å². The maximum Gasteiger partial charge on any atom is 0.227 e.